The summed E-state index contributed by atoms with van der Waals surface area (Å²) in [5, 5.41) is 2.96. The van der Waals surface area contributed by atoms with Crippen molar-refractivity contribution in [1.29, 1.82) is 0 Å². The summed E-state index contributed by atoms with van der Waals surface area (Å²) in [4.78, 5) is 4.09. The highest BCUT2D eigenvalue weighted by molar-refractivity contribution is 5.39. The van der Waals surface area contributed by atoms with E-state index in [2.05, 4.69) is 16.9 Å². The van der Waals surface area contributed by atoms with Gasteiger partial charge in [0.15, 0.2) is 0 Å². The number of ether oxygens (including phenoxy) is 1. The first kappa shape index (κ1) is 10.6. The molecule has 0 aliphatic rings. The Hall–Kier alpha value is -1.51. The predicted octanol–water partition coefficient (Wildman–Crippen LogP) is 2.47. The zero-order chi connectivity index (χ0) is 10.4. The number of rotatable bonds is 5. The van der Waals surface area contributed by atoms with E-state index in [9.17, 15) is 0 Å². The fourth-order valence-electron chi connectivity index (χ4n) is 0.981. The molecule has 0 aromatic carbocycles. The van der Waals surface area contributed by atoms with Gasteiger partial charge in [-0.25, -0.2) is 4.98 Å². The highest BCUT2D eigenvalue weighted by Gasteiger charge is 1.95. The largest absolute Gasteiger partial charge is 0.493 e. The molecule has 1 aromatic rings. The molecular formula is C11H16N2O. The summed E-state index contributed by atoms with van der Waals surface area (Å²) in [7, 11) is 1.83. The monoisotopic (exact) mass is 192 g/mol. The molecule has 0 unspecified atom stereocenters. The Morgan fingerprint density at radius 2 is 2.43 bits per heavy atom. The topological polar surface area (TPSA) is 34.1 Å². The van der Waals surface area contributed by atoms with Gasteiger partial charge in [0.25, 0.3) is 0 Å². The van der Waals surface area contributed by atoms with Crippen molar-refractivity contribution in [3.63, 3.8) is 0 Å². The molecule has 0 spiro atoms. The number of pyridine rings is 1. The number of anilines is 1. The Kier molecular flexibility index (Phi) is 3.98. The maximum atomic E-state index is 5.52. The lowest BCUT2D eigenvalue weighted by molar-refractivity contribution is 0.321. The molecule has 76 valence electrons. The minimum Gasteiger partial charge on any atom is -0.493 e. The van der Waals surface area contributed by atoms with Crippen molar-refractivity contribution < 1.29 is 4.74 Å². The summed E-state index contributed by atoms with van der Waals surface area (Å²) >= 11 is 0. The molecule has 0 bridgehead atoms. The normalized spacial score (nSPS) is 9.57. The van der Waals surface area contributed by atoms with Crippen LogP contribution in [0.25, 0.3) is 0 Å². The van der Waals surface area contributed by atoms with Gasteiger partial charge in [-0.2, -0.15) is 0 Å². The highest BCUT2D eigenvalue weighted by atomic mass is 16.5. The molecule has 3 heteroatoms. The molecule has 0 atom stereocenters. The van der Waals surface area contributed by atoms with E-state index in [0.717, 1.165) is 23.6 Å². The van der Waals surface area contributed by atoms with Gasteiger partial charge in [0.05, 0.1) is 6.61 Å². The van der Waals surface area contributed by atoms with Crippen molar-refractivity contribution in [2.45, 2.75) is 13.3 Å². The van der Waals surface area contributed by atoms with Crippen LogP contribution < -0.4 is 10.1 Å². The first-order chi connectivity index (χ1) is 6.72. The number of hydrogen-bond donors (Lipinski definition) is 1. The molecule has 0 saturated heterocycles. The SMILES string of the molecule is C=C(C)CCOc1ccnc(NC)c1. The van der Waals surface area contributed by atoms with E-state index >= 15 is 0 Å². The zero-order valence-corrected chi connectivity index (χ0v) is 8.71. The Bertz CT molecular complexity index is 310. The van der Waals surface area contributed by atoms with Crippen LogP contribution in [0.3, 0.4) is 0 Å². The zero-order valence-electron chi connectivity index (χ0n) is 8.71. The van der Waals surface area contributed by atoms with Gasteiger partial charge in [-0.05, 0) is 13.0 Å². The molecule has 0 aliphatic heterocycles. The third-order valence-corrected chi connectivity index (χ3v) is 1.79. The second-order valence-corrected chi connectivity index (χ2v) is 3.18. The van der Waals surface area contributed by atoms with E-state index in [1.165, 1.54) is 0 Å². The molecule has 1 heterocycles. The van der Waals surface area contributed by atoms with E-state index in [1.807, 2.05) is 26.1 Å². The van der Waals surface area contributed by atoms with Crippen LogP contribution in [0, 0.1) is 0 Å². The number of nitrogens with zero attached hydrogens (tertiary/aromatic N) is 1. The predicted molar refractivity (Wildman–Crippen MR) is 58.7 cm³/mol. The fourth-order valence-corrected chi connectivity index (χ4v) is 0.981. The molecule has 0 fully saturated rings. The molecule has 0 radical (unpaired) electrons. The van der Waals surface area contributed by atoms with Gasteiger partial charge < -0.3 is 10.1 Å². The van der Waals surface area contributed by atoms with Crippen molar-refractivity contribution >= 4 is 5.82 Å². The van der Waals surface area contributed by atoms with Crippen molar-refractivity contribution in [1.82, 2.24) is 4.98 Å². The van der Waals surface area contributed by atoms with Crippen molar-refractivity contribution in [2.75, 3.05) is 19.0 Å². The Morgan fingerprint density at radius 1 is 1.64 bits per heavy atom. The Labute approximate surface area is 84.8 Å². The third-order valence-electron chi connectivity index (χ3n) is 1.79. The van der Waals surface area contributed by atoms with Crippen LogP contribution in [0.4, 0.5) is 5.82 Å². The van der Waals surface area contributed by atoms with Crippen LogP contribution in [-0.4, -0.2) is 18.6 Å². The summed E-state index contributed by atoms with van der Waals surface area (Å²) < 4.78 is 5.52. The van der Waals surface area contributed by atoms with E-state index in [4.69, 9.17) is 4.74 Å². The van der Waals surface area contributed by atoms with Gasteiger partial charge in [0.2, 0.25) is 0 Å². The van der Waals surface area contributed by atoms with Gasteiger partial charge in [-0.3, -0.25) is 0 Å². The second kappa shape index (κ2) is 5.27. The van der Waals surface area contributed by atoms with Gasteiger partial charge in [-0.1, -0.05) is 5.57 Å². The molecule has 1 N–H and O–H groups in total. The van der Waals surface area contributed by atoms with E-state index < -0.39 is 0 Å². The van der Waals surface area contributed by atoms with Crippen molar-refractivity contribution in [2.24, 2.45) is 0 Å². The average molecular weight is 192 g/mol. The number of nitrogens with one attached hydrogen (secondary N) is 1. The second-order valence-electron chi connectivity index (χ2n) is 3.18. The highest BCUT2D eigenvalue weighted by Crippen LogP contribution is 2.14. The quantitative estimate of drug-likeness (QED) is 0.728. The van der Waals surface area contributed by atoms with Gasteiger partial charge >= 0.3 is 0 Å². The first-order valence-electron chi connectivity index (χ1n) is 4.63. The minimum atomic E-state index is 0.669. The van der Waals surface area contributed by atoms with Crippen LogP contribution in [0.5, 0.6) is 5.75 Å². The summed E-state index contributed by atoms with van der Waals surface area (Å²) in [5.74, 6) is 1.66. The van der Waals surface area contributed by atoms with E-state index in [1.54, 1.807) is 6.20 Å². The average Bonchev–Trinajstić information content (AvgIpc) is 2.18. The van der Waals surface area contributed by atoms with Crippen LogP contribution in [0.15, 0.2) is 30.5 Å². The maximum absolute atomic E-state index is 5.52. The lowest BCUT2D eigenvalue weighted by Crippen LogP contribution is -1.99. The minimum absolute atomic E-state index is 0.669. The summed E-state index contributed by atoms with van der Waals surface area (Å²) in [6, 6.07) is 3.72. The lowest BCUT2D eigenvalue weighted by Gasteiger charge is -2.06. The summed E-state index contributed by atoms with van der Waals surface area (Å²) in [6.45, 7) is 6.48. The number of hydrogen-bond acceptors (Lipinski definition) is 3. The molecular weight excluding hydrogens is 176 g/mol. The first-order valence-corrected chi connectivity index (χ1v) is 4.63. The fraction of sp³-hybridized carbons (Fsp3) is 0.364. The molecule has 1 aromatic heterocycles. The standard InChI is InChI=1S/C11H16N2O/c1-9(2)5-7-14-10-4-6-13-11(8-10)12-3/h4,6,8H,1,5,7H2,2-3H3,(H,12,13). The van der Waals surface area contributed by atoms with Gasteiger partial charge in [-0.15, -0.1) is 6.58 Å². The lowest BCUT2D eigenvalue weighted by atomic mass is 10.3. The Balaban J connectivity index is 2.46. The number of aromatic nitrogens is 1. The van der Waals surface area contributed by atoms with E-state index in [0.29, 0.717) is 6.61 Å². The molecule has 3 nitrogen and oxygen atoms in total. The van der Waals surface area contributed by atoms with Gasteiger partial charge in [0.1, 0.15) is 11.6 Å². The molecule has 14 heavy (non-hydrogen) atoms. The van der Waals surface area contributed by atoms with Crippen molar-refractivity contribution in [3.05, 3.63) is 30.5 Å². The molecule has 1 rings (SSSR count). The third kappa shape index (κ3) is 3.47. The Morgan fingerprint density at radius 3 is 3.07 bits per heavy atom. The summed E-state index contributed by atoms with van der Waals surface area (Å²) in [5.41, 5.74) is 1.13. The molecule has 0 amide bonds. The van der Waals surface area contributed by atoms with Crippen LogP contribution in [0.1, 0.15) is 13.3 Å². The van der Waals surface area contributed by atoms with Crippen LogP contribution >= 0.6 is 0 Å². The smallest absolute Gasteiger partial charge is 0.129 e. The molecule has 0 aliphatic carbocycles. The van der Waals surface area contributed by atoms with E-state index in [-0.39, 0.29) is 0 Å². The van der Waals surface area contributed by atoms with Crippen LogP contribution in [0.2, 0.25) is 0 Å². The van der Waals surface area contributed by atoms with Crippen molar-refractivity contribution in [3.8, 4) is 5.75 Å². The summed E-state index contributed by atoms with van der Waals surface area (Å²) in [6.07, 6.45) is 2.61. The maximum Gasteiger partial charge on any atom is 0.129 e. The van der Waals surface area contributed by atoms with Gasteiger partial charge in [0, 0.05) is 25.7 Å². The van der Waals surface area contributed by atoms with Crippen LogP contribution in [-0.2, 0) is 0 Å². The molecule has 0 saturated carbocycles.